The summed E-state index contributed by atoms with van der Waals surface area (Å²) in [5.41, 5.74) is 0. The highest BCUT2D eigenvalue weighted by molar-refractivity contribution is 4.68. The molecule has 1 aliphatic rings. The van der Waals surface area contributed by atoms with Crippen molar-refractivity contribution in [2.75, 3.05) is 0 Å². The zero-order valence-corrected chi connectivity index (χ0v) is 9.52. The van der Waals surface area contributed by atoms with Crippen molar-refractivity contribution < 1.29 is 0 Å². The van der Waals surface area contributed by atoms with Crippen molar-refractivity contribution >= 4 is 0 Å². The summed E-state index contributed by atoms with van der Waals surface area (Å²) in [5, 5.41) is 0. The SMILES string of the molecule is CCCCCC1CCCC(C)CC1. The molecule has 78 valence electrons. The number of unbranched alkanes of at least 4 members (excludes halogenated alkanes) is 2. The van der Waals surface area contributed by atoms with E-state index in [1.165, 1.54) is 57.8 Å². The van der Waals surface area contributed by atoms with Crippen LogP contribution >= 0.6 is 0 Å². The van der Waals surface area contributed by atoms with E-state index in [1.54, 1.807) is 0 Å². The van der Waals surface area contributed by atoms with Gasteiger partial charge in [0.15, 0.2) is 0 Å². The maximum absolute atomic E-state index is 2.43. The van der Waals surface area contributed by atoms with E-state index in [-0.39, 0.29) is 0 Å². The molecule has 0 nitrogen and oxygen atoms in total. The Balaban J connectivity index is 2.11. The molecule has 1 fully saturated rings. The van der Waals surface area contributed by atoms with Crippen molar-refractivity contribution in [2.24, 2.45) is 11.8 Å². The number of hydrogen-bond donors (Lipinski definition) is 0. The summed E-state index contributed by atoms with van der Waals surface area (Å²) in [6, 6.07) is 0. The smallest absolute Gasteiger partial charge is 0.0414 e. The molecular formula is C13H26. The molecule has 1 rings (SSSR count). The molecule has 0 saturated heterocycles. The van der Waals surface area contributed by atoms with Crippen molar-refractivity contribution in [3.63, 3.8) is 0 Å². The molecule has 0 N–H and O–H groups in total. The Morgan fingerprint density at radius 3 is 2.62 bits per heavy atom. The lowest BCUT2D eigenvalue weighted by molar-refractivity contribution is 0.401. The molecule has 0 radical (unpaired) electrons. The molecule has 0 heterocycles. The third-order valence-electron chi connectivity index (χ3n) is 3.59. The van der Waals surface area contributed by atoms with Gasteiger partial charge in [0.2, 0.25) is 0 Å². The summed E-state index contributed by atoms with van der Waals surface area (Å²) in [6.07, 6.45) is 13.4. The first-order valence-corrected chi connectivity index (χ1v) is 6.33. The molecule has 0 heteroatoms. The van der Waals surface area contributed by atoms with Gasteiger partial charge in [0.1, 0.15) is 0 Å². The van der Waals surface area contributed by atoms with Gasteiger partial charge in [-0.25, -0.2) is 0 Å². The van der Waals surface area contributed by atoms with Gasteiger partial charge in [-0.15, -0.1) is 0 Å². The normalized spacial score (nSPS) is 30.0. The topological polar surface area (TPSA) is 0 Å². The first kappa shape index (κ1) is 11.1. The average molecular weight is 182 g/mol. The Bertz CT molecular complexity index is 117. The van der Waals surface area contributed by atoms with Crippen LogP contribution in [0.3, 0.4) is 0 Å². The molecule has 0 aromatic rings. The molecule has 0 aliphatic heterocycles. The molecule has 0 amide bonds. The van der Waals surface area contributed by atoms with Gasteiger partial charge in [-0.05, 0) is 11.8 Å². The van der Waals surface area contributed by atoms with E-state index in [4.69, 9.17) is 0 Å². The molecule has 1 aliphatic carbocycles. The van der Waals surface area contributed by atoms with Crippen LogP contribution in [0.4, 0.5) is 0 Å². The zero-order valence-electron chi connectivity index (χ0n) is 9.52. The molecule has 13 heavy (non-hydrogen) atoms. The molecule has 2 atom stereocenters. The highest BCUT2D eigenvalue weighted by Crippen LogP contribution is 2.29. The largest absolute Gasteiger partial charge is 0.0654 e. The minimum atomic E-state index is 1.01. The number of rotatable bonds is 4. The summed E-state index contributed by atoms with van der Waals surface area (Å²) < 4.78 is 0. The Morgan fingerprint density at radius 2 is 1.85 bits per heavy atom. The molecule has 0 aromatic carbocycles. The van der Waals surface area contributed by atoms with Crippen molar-refractivity contribution in [1.29, 1.82) is 0 Å². The predicted octanol–water partition coefficient (Wildman–Crippen LogP) is 4.78. The first-order chi connectivity index (χ1) is 6.33. The van der Waals surface area contributed by atoms with Crippen LogP contribution in [0.1, 0.15) is 71.6 Å². The van der Waals surface area contributed by atoms with Crippen molar-refractivity contribution in [3.8, 4) is 0 Å². The first-order valence-electron chi connectivity index (χ1n) is 6.33. The summed E-state index contributed by atoms with van der Waals surface area (Å²) >= 11 is 0. The quantitative estimate of drug-likeness (QED) is 0.433. The highest BCUT2D eigenvalue weighted by atomic mass is 14.2. The van der Waals surface area contributed by atoms with Crippen LogP contribution < -0.4 is 0 Å². The Labute approximate surface area is 84.1 Å². The van der Waals surface area contributed by atoms with Gasteiger partial charge in [0, 0.05) is 0 Å². The lowest BCUT2D eigenvalue weighted by Crippen LogP contribution is -1.98. The van der Waals surface area contributed by atoms with Gasteiger partial charge >= 0.3 is 0 Å². The standard InChI is InChI=1S/C13H26/c1-3-4-5-8-13-9-6-7-12(2)10-11-13/h12-13H,3-11H2,1-2H3. The summed E-state index contributed by atoms with van der Waals surface area (Å²) in [6.45, 7) is 4.73. The molecular weight excluding hydrogens is 156 g/mol. The second kappa shape index (κ2) is 6.45. The van der Waals surface area contributed by atoms with Gasteiger partial charge < -0.3 is 0 Å². The van der Waals surface area contributed by atoms with Crippen LogP contribution in [0.5, 0.6) is 0 Å². The molecule has 2 unspecified atom stereocenters. The lowest BCUT2D eigenvalue weighted by Gasteiger charge is -2.13. The van der Waals surface area contributed by atoms with Crippen LogP contribution in [0.15, 0.2) is 0 Å². The third-order valence-corrected chi connectivity index (χ3v) is 3.59. The van der Waals surface area contributed by atoms with E-state index < -0.39 is 0 Å². The fourth-order valence-corrected chi connectivity index (χ4v) is 2.54. The second-order valence-corrected chi connectivity index (χ2v) is 4.98. The summed E-state index contributed by atoms with van der Waals surface area (Å²) in [4.78, 5) is 0. The van der Waals surface area contributed by atoms with Crippen LogP contribution in [-0.2, 0) is 0 Å². The Hall–Kier alpha value is 0. The van der Waals surface area contributed by atoms with Crippen molar-refractivity contribution in [2.45, 2.75) is 71.6 Å². The fourth-order valence-electron chi connectivity index (χ4n) is 2.54. The minimum Gasteiger partial charge on any atom is -0.0654 e. The summed E-state index contributed by atoms with van der Waals surface area (Å²) in [5.74, 6) is 2.09. The lowest BCUT2D eigenvalue weighted by atomic mass is 9.93. The second-order valence-electron chi connectivity index (χ2n) is 4.98. The molecule has 0 aromatic heterocycles. The maximum Gasteiger partial charge on any atom is -0.0414 e. The minimum absolute atomic E-state index is 1.01. The van der Waals surface area contributed by atoms with Gasteiger partial charge in [-0.3, -0.25) is 0 Å². The zero-order chi connectivity index (χ0) is 9.52. The van der Waals surface area contributed by atoms with E-state index >= 15 is 0 Å². The van der Waals surface area contributed by atoms with Gasteiger partial charge in [-0.1, -0.05) is 71.6 Å². The van der Waals surface area contributed by atoms with E-state index in [9.17, 15) is 0 Å². The highest BCUT2D eigenvalue weighted by Gasteiger charge is 2.15. The van der Waals surface area contributed by atoms with Gasteiger partial charge in [0.25, 0.3) is 0 Å². The average Bonchev–Trinajstić information content (AvgIpc) is 2.32. The van der Waals surface area contributed by atoms with Crippen molar-refractivity contribution in [3.05, 3.63) is 0 Å². The van der Waals surface area contributed by atoms with Crippen LogP contribution in [0.25, 0.3) is 0 Å². The fraction of sp³-hybridized carbons (Fsp3) is 1.00. The van der Waals surface area contributed by atoms with E-state index in [2.05, 4.69) is 13.8 Å². The van der Waals surface area contributed by atoms with E-state index in [0.717, 1.165) is 11.8 Å². The van der Waals surface area contributed by atoms with Gasteiger partial charge in [-0.2, -0.15) is 0 Å². The van der Waals surface area contributed by atoms with Crippen LogP contribution in [0.2, 0.25) is 0 Å². The maximum atomic E-state index is 2.43. The van der Waals surface area contributed by atoms with Crippen LogP contribution in [-0.4, -0.2) is 0 Å². The monoisotopic (exact) mass is 182 g/mol. The number of hydrogen-bond acceptors (Lipinski definition) is 0. The predicted molar refractivity (Wildman–Crippen MR) is 59.9 cm³/mol. The van der Waals surface area contributed by atoms with E-state index in [0.29, 0.717) is 0 Å². The Kier molecular flexibility index (Phi) is 5.50. The van der Waals surface area contributed by atoms with Crippen LogP contribution in [0, 0.1) is 11.8 Å². The summed E-state index contributed by atoms with van der Waals surface area (Å²) in [7, 11) is 0. The van der Waals surface area contributed by atoms with Gasteiger partial charge in [0.05, 0.1) is 0 Å². The third kappa shape index (κ3) is 4.69. The Morgan fingerprint density at radius 1 is 1.00 bits per heavy atom. The molecule has 0 spiro atoms. The molecule has 0 bridgehead atoms. The van der Waals surface area contributed by atoms with E-state index in [1.807, 2.05) is 0 Å². The van der Waals surface area contributed by atoms with Crippen molar-refractivity contribution in [1.82, 2.24) is 0 Å². The molecule has 1 saturated carbocycles.